The van der Waals surface area contributed by atoms with Crippen LogP contribution in [0, 0.1) is 0 Å². The van der Waals surface area contributed by atoms with Crippen molar-refractivity contribution in [2.45, 2.75) is 71.1 Å². The van der Waals surface area contributed by atoms with E-state index >= 15 is 0 Å². The van der Waals surface area contributed by atoms with Gasteiger partial charge in [-0.1, -0.05) is 153 Å². The van der Waals surface area contributed by atoms with E-state index in [1.165, 1.54) is 16.3 Å². The zero-order valence-corrected chi connectivity index (χ0v) is 58.1. The van der Waals surface area contributed by atoms with E-state index < -0.39 is 0 Å². The van der Waals surface area contributed by atoms with Gasteiger partial charge in [0.1, 0.15) is 0 Å². The molecular weight excluding hydrogens is 1330 g/mol. The number of ether oxygens (including phenoxy) is 1. The number of rotatable bonds is 3. The molecule has 0 saturated heterocycles. The Morgan fingerprint density at radius 1 is 0.346 bits per heavy atom. The van der Waals surface area contributed by atoms with E-state index in [2.05, 4.69) is 101 Å². The number of para-hydroxylation sites is 8. The van der Waals surface area contributed by atoms with Crippen LogP contribution in [0.25, 0.3) is 153 Å². The molecule has 10 aromatic carbocycles. The fraction of sp³-hybridized carbons (Fsp3) is 0.132. The fourth-order valence-corrected chi connectivity index (χ4v) is 17.9. The molecule has 518 valence electrons. The van der Waals surface area contributed by atoms with Gasteiger partial charge < -0.3 is 43.8 Å². The maximum Gasteiger partial charge on any atom is 0.172 e. The minimum absolute atomic E-state index is 0.0391. The standard InChI is InChI=1S/C28H26N2O3.C21H12N2O2.C21H14N2O2.C21H14N2O/c1-2-18-11-12-29-16-21(19-7-3-5-9-23(19)29)27-25(31)15-26(32)28(27)22-17-30(13-14-33-18)24-10-6-4-8-20(22)24;24-14-9-15(25)19-17-11-6-2-4-8-13(11)23-21(17)20-16(18(14)19)10-5-1-3-7-12(10)22-20;24-18-9-19(25)21(15-11-23-17-8-4-2-6-13(15)17)20(18)14-10-22-16-7-3-1-5-12(14)16;24-16-10-9-13-17-11-5-1-3-7-14(11)22-20(17)21-19(18(13)16)12-6-2-4-8-15(12)23-21/h3-10,16-18H,2,11-15H2,1H3;1-8,22-23H,9H2;1-8,10-11,22-23H,9H2;1-8,22-23H,9-10H2/t18-;;;/m1.../s1. The predicted molar refractivity (Wildman–Crippen MR) is 424 cm³/mol. The summed E-state index contributed by atoms with van der Waals surface area (Å²) in [5.41, 5.74) is 20.9. The summed E-state index contributed by atoms with van der Waals surface area (Å²) < 4.78 is 10.6. The monoisotopic (exact) mass is 1400 g/mol. The Kier molecular flexibility index (Phi) is 14.6. The first-order valence-electron chi connectivity index (χ1n) is 36.5. The molecule has 18 aromatic rings. The van der Waals surface area contributed by atoms with E-state index in [1.807, 2.05) is 164 Å². The van der Waals surface area contributed by atoms with Gasteiger partial charge in [-0.05, 0) is 73.4 Å². The number of aromatic amines is 6. The van der Waals surface area contributed by atoms with Gasteiger partial charge in [-0.3, -0.25) is 33.6 Å². The number of carbonyl (C=O) groups excluding carboxylic acids is 7. The van der Waals surface area contributed by atoms with Crippen LogP contribution >= 0.6 is 0 Å². The van der Waals surface area contributed by atoms with Gasteiger partial charge >= 0.3 is 0 Å². The highest BCUT2D eigenvalue weighted by Gasteiger charge is 2.39. The van der Waals surface area contributed by atoms with Crippen LogP contribution in [0.1, 0.15) is 104 Å². The lowest BCUT2D eigenvalue weighted by atomic mass is 9.95. The molecule has 4 aliphatic carbocycles. The van der Waals surface area contributed by atoms with Gasteiger partial charge in [0, 0.05) is 214 Å². The lowest BCUT2D eigenvalue weighted by Crippen LogP contribution is -2.18. The van der Waals surface area contributed by atoms with Crippen molar-refractivity contribution in [2.24, 2.45) is 0 Å². The molecule has 4 bridgehead atoms. The van der Waals surface area contributed by atoms with Crippen LogP contribution in [0.3, 0.4) is 0 Å². The zero-order valence-electron chi connectivity index (χ0n) is 58.1. The maximum absolute atomic E-state index is 13.2. The van der Waals surface area contributed by atoms with Crippen LogP contribution in [0.4, 0.5) is 0 Å². The molecule has 107 heavy (non-hydrogen) atoms. The van der Waals surface area contributed by atoms with Crippen molar-refractivity contribution >= 4 is 194 Å². The molecule has 6 N–H and O–H groups in total. The van der Waals surface area contributed by atoms with Crippen molar-refractivity contribution in [1.29, 1.82) is 0 Å². The molecule has 16 heteroatoms. The second-order valence-electron chi connectivity index (χ2n) is 28.5. The lowest BCUT2D eigenvalue weighted by molar-refractivity contribution is -0.121. The number of allylic oxidation sites excluding steroid dienone is 4. The third-order valence-corrected chi connectivity index (χ3v) is 22.6. The summed E-state index contributed by atoms with van der Waals surface area (Å²) in [4.78, 5) is 110. The summed E-state index contributed by atoms with van der Waals surface area (Å²) in [6.45, 7) is 4.27. The van der Waals surface area contributed by atoms with Gasteiger partial charge in [0.25, 0.3) is 0 Å². The molecule has 0 saturated carbocycles. The first kappa shape index (κ1) is 63.4. The lowest BCUT2D eigenvalue weighted by Gasteiger charge is -2.17. The summed E-state index contributed by atoms with van der Waals surface area (Å²) in [7, 11) is 0. The van der Waals surface area contributed by atoms with E-state index in [9.17, 15) is 33.6 Å². The Balaban J connectivity index is 0.0000000949. The first-order chi connectivity index (χ1) is 52.5. The van der Waals surface area contributed by atoms with Gasteiger partial charge in [-0.25, -0.2) is 0 Å². The number of hydrogen-bond donors (Lipinski definition) is 6. The van der Waals surface area contributed by atoms with Crippen LogP contribution in [0.2, 0.25) is 0 Å². The number of aromatic nitrogens is 8. The minimum Gasteiger partial charge on any atom is -0.376 e. The smallest absolute Gasteiger partial charge is 0.172 e. The number of H-pyrrole nitrogens is 6. The van der Waals surface area contributed by atoms with Gasteiger partial charge in [0.2, 0.25) is 0 Å². The molecule has 0 spiro atoms. The summed E-state index contributed by atoms with van der Waals surface area (Å²) >= 11 is 0. The highest BCUT2D eigenvalue weighted by molar-refractivity contribution is 6.54. The van der Waals surface area contributed by atoms with Gasteiger partial charge in [0.15, 0.2) is 40.5 Å². The Morgan fingerprint density at radius 3 is 1.13 bits per heavy atom. The number of ketones is 7. The second-order valence-corrected chi connectivity index (χ2v) is 28.5. The number of hydrogen-bond acceptors (Lipinski definition) is 8. The van der Waals surface area contributed by atoms with Crippen molar-refractivity contribution in [3.63, 3.8) is 0 Å². The number of nitrogens with one attached hydrogen (secondary N) is 6. The number of nitrogens with zero attached hydrogens (tertiary/aromatic N) is 2. The largest absolute Gasteiger partial charge is 0.376 e. The number of benzene rings is 10. The van der Waals surface area contributed by atoms with Crippen LogP contribution in [0.5, 0.6) is 0 Å². The third-order valence-electron chi connectivity index (χ3n) is 22.6. The van der Waals surface area contributed by atoms with E-state index in [0.717, 1.165) is 174 Å². The quantitative estimate of drug-likeness (QED) is 0.0929. The molecule has 5 aliphatic rings. The van der Waals surface area contributed by atoms with E-state index in [-0.39, 0.29) is 65.8 Å². The molecular formula is C91H66N8O8. The molecule has 0 amide bonds. The molecule has 1 atom stereocenters. The second kappa shape index (κ2) is 24.7. The van der Waals surface area contributed by atoms with Crippen LogP contribution in [-0.2, 0) is 43.4 Å². The maximum atomic E-state index is 13.2. The van der Waals surface area contributed by atoms with Crippen molar-refractivity contribution in [3.05, 3.63) is 263 Å². The normalized spacial score (nSPS) is 16.1. The minimum atomic E-state index is -0.116. The molecule has 0 unspecified atom stereocenters. The molecule has 16 nitrogen and oxygen atoms in total. The molecule has 0 fully saturated rings. The van der Waals surface area contributed by atoms with Crippen LogP contribution < -0.4 is 0 Å². The van der Waals surface area contributed by atoms with E-state index in [0.29, 0.717) is 53.0 Å². The van der Waals surface area contributed by atoms with Crippen LogP contribution in [-0.4, -0.2) is 92.2 Å². The van der Waals surface area contributed by atoms with Gasteiger partial charge in [-0.15, -0.1) is 0 Å². The Morgan fingerprint density at radius 2 is 0.692 bits per heavy atom. The Labute approximate surface area is 608 Å². The Hall–Kier alpha value is -13.3. The zero-order chi connectivity index (χ0) is 72.0. The molecule has 23 rings (SSSR count). The number of carbonyl (C=O) groups is 7. The van der Waals surface area contributed by atoms with Gasteiger partial charge in [0.05, 0.1) is 54.0 Å². The summed E-state index contributed by atoms with van der Waals surface area (Å²) in [5.74, 6) is -0.304. The summed E-state index contributed by atoms with van der Waals surface area (Å²) in [5, 5.41) is 12.3. The fourth-order valence-electron chi connectivity index (χ4n) is 17.9. The molecule has 9 heterocycles. The van der Waals surface area contributed by atoms with Crippen molar-refractivity contribution in [1.82, 2.24) is 39.0 Å². The predicted octanol–water partition coefficient (Wildman–Crippen LogP) is 19.2. The van der Waals surface area contributed by atoms with Crippen molar-refractivity contribution in [2.75, 3.05) is 6.61 Å². The van der Waals surface area contributed by atoms with E-state index in [1.54, 1.807) is 0 Å². The average Bonchev–Trinajstić information content (AvgIpc) is 1.55. The van der Waals surface area contributed by atoms with E-state index in [4.69, 9.17) is 4.74 Å². The highest BCUT2D eigenvalue weighted by atomic mass is 16.5. The number of aryl methyl sites for hydroxylation is 2. The Bertz CT molecular complexity index is 6860. The van der Waals surface area contributed by atoms with Crippen molar-refractivity contribution in [3.8, 4) is 0 Å². The highest BCUT2D eigenvalue weighted by Crippen LogP contribution is 2.48. The summed E-state index contributed by atoms with van der Waals surface area (Å²) in [6.07, 6.45) is 11.0. The topological polar surface area (TPSA) is 233 Å². The van der Waals surface area contributed by atoms with Gasteiger partial charge in [-0.2, -0.15) is 0 Å². The average molecular weight is 1400 g/mol. The first-order valence-corrected chi connectivity index (χ1v) is 36.5. The molecule has 0 radical (unpaired) electrons. The third kappa shape index (κ3) is 9.82. The SMILES string of the molecule is CC[C@@H]1CCn2cc(c3ccccc32)C2=C(C(=O)CC2=O)c2cn(c3ccccc23)CCO1.O=C1CC(=O)C(c2c[nH]c3ccccc23)=C1c1c[nH]c2ccccc12.O=C1CC(=O)c2c1c1c3ccccc3[nH]c1c1[nH]c3ccccc3c21.O=C1CCc2c1c1c3ccccc3[nH]c1c1[nH]c3ccccc3c21. The van der Waals surface area contributed by atoms with Crippen LogP contribution in [0.15, 0.2) is 219 Å². The molecule has 1 aliphatic heterocycles. The number of Topliss-reactive ketones (excluding diaryl/α,β-unsaturated/α-hetero) is 7. The number of fused-ring (bicyclic) bond motifs is 34. The molecule has 8 aromatic heterocycles. The van der Waals surface area contributed by atoms with Crippen molar-refractivity contribution < 1.29 is 38.3 Å². The summed E-state index contributed by atoms with van der Waals surface area (Å²) in [6, 6.07) is 64.4.